The van der Waals surface area contributed by atoms with Crippen LogP contribution in [0.2, 0.25) is 0 Å². The summed E-state index contributed by atoms with van der Waals surface area (Å²) in [6.07, 6.45) is -0.200. The predicted octanol–water partition coefficient (Wildman–Crippen LogP) is 1.49. The molecule has 1 heterocycles. The molecule has 2 nitrogen and oxygen atoms in total. The molecule has 0 amide bonds. The number of nitrogens with one attached hydrogen (secondary N) is 1. The summed E-state index contributed by atoms with van der Waals surface area (Å²) in [5, 5.41) is 2.74. The lowest BCUT2D eigenvalue weighted by Gasteiger charge is -2.23. The topological polar surface area (TPSA) is 21.3 Å². The Balaban J connectivity index is 2.04. The highest BCUT2D eigenvalue weighted by Gasteiger charge is 2.14. The molecular weight excluding hydrogens is 169 g/mol. The Bertz CT molecular complexity index is 332. The van der Waals surface area contributed by atoms with Gasteiger partial charge in [-0.3, -0.25) is 0 Å². The van der Waals surface area contributed by atoms with Gasteiger partial charge in [-0.25, -0.2) is 4.39 Å². The van der Waals surface area contributed by atoms with Gasteiger partial charge in [-0.05, 0) is 17.7 Å². The van der Waals surface area contributed by atoms with Crippen molar-refractivity contribution < 1.29 is 11.9 Å². The number of halogens is 1. The van der Waals surface area contributed by atoms with Crippen LogP contribution in [0, 0.1) is 5.82 Å². The van der Waals surface area contributed by atoms with E-state index in [2.05, 4.69) is 5.32 Å². The van der Waals surface area contributed by atoms with Crippen LogP contribution in [0.15, 0.2) is 24.3 Å². The van der Waals surface area contributed by atoms with Gasteiger partial charge < -0.3 is 10.1 Å². The standard InChI is InChI=1S/C10H12FNO/c11-9-3-1-8(2-4-9)10-7-12-5-6-13-10/h1-4,10,12H,5-7H2/t10-/m0/s1/i5D2. The van der Waals surface area contributed by atoms with E-state index in [0.717, 1.165) is 5.56 Å². The Morgan fingerprint density at radius 2 is 2.23 bits per heavy atom. The van der Waals surface area contributed by atoms with E-state index in [-0.39, 0.29) is 18.5 Å². The van der Waals surface area contributed by atoms with Gasteiger partial charge in [-0.2, -0.15) is 0 Å². The maximum atomic E-state index is 12.7. The van der Waals surface area contributed by atoms with Crippen LogP contribution in [-0.2, 0) is 4.74 Å². The quantitative estimate of drug-likeness (QED) is 0.712. The van der Waals surface area contributed by atoms with Crippen LogP contribution in [-0.4, -0.2) is 19.6 Å². The zero-order chi connectivity index (χ0) is 10.9. The average Bonchev–Trinajstić information content (AvgIpc) is 2.20. The van der Waals surface area contributed by atoms with Gasteiger partial charge in [-0.15, -0.1) is 0 Å². The minimum absolute atomic E-state index is 0.00897. The normalized spacial score (nSPS) is 29.2. The molecule has 1 aromatic rings. The monoisotopic (exact) mass is 183 g/mol. The van der Waals surface area contributed by atoms with Gasteiger partial charge in [0.2, 0.25) is 0 Å². The second-order valence-electron chi connectivity index (χ2n) is 2.91. The van der Waals surface area contributed by atoms with Crippen LogP contribution in [0.4, 0.5) is 4.39 Å². The minimum Gasteiger partial charge on any atom is -0.371 e. The van der Waals surface area contributed by atoms with Gasteiger partial charge in [0, 0.05) is 15.8 Å². The molecule has 1 aliphatic rings. The molecule has 2 rings (SSSR count). The third-order valence-electron chi connectivity index (χ3n) is 2.01. The molecule has 1 N–H and O–H groups in total. The van der Waals surface area contributed by atoms with Gasteiger partial charge in [0.15, 0.2) is 0 Å². The smallest absolute Gasteiger partial charge is 0.123 e. The van der Waals surface area contributed by atoms with Gasteiger partial charge in [-0.1, -0.05) is 12.1 Å². The summed E-state index contributed by atoms with van der Waals surface area (Å²) >= 11 is 0. The van der Waals surface area contributed by atoms with Crippen molar-refractivity contribution in [1.29, 1.82) is 0 Å². The molecule has 70 valence electrons. The molecular formula is C10H12FNO. The van der Waals surface area contributed by atoms with E-state index >= 15 is 0 Å². The number of rotatable bonds is 1. The second kappa shape index (κ2) is 3.85. The molecule has 0 unspecified atom stereocenters. The zero-order valence-electron chi connectivity index (χ0n) is 9.09. The first kappa shape index (κ1) is 6.51. The molecule has 0 aromatic heterocycles. The highest BCUT2D eigenvalue weighted by Crippen LogP contribution is 2.18. The van der Waals surface area contributed by atoms with E-state index in [0.29, 0.717) is 6.54 Å². The van der Waals surface area contributed by atoms with Crippen molar-refractivity contribution in [2.24, 2.45) is 0 Å². The van der Waals surface area contributed by atoms with Crippen molar-refractivity contribution in [1.82, 2.24) is 5.32 Å². The van der Waals surface area contributed by atoms with E-state index < -0.39 is 6.50 Å². The van der Waals surface area contributed by atoms with E-state index in [1.165, 1.54) is 12.1 Å². The number of ether oxygens (including phenoxy) is 1. The first-order valence-corrected chi connectivity index (χ1v) is 4.19. The Kier molecular flexibility index (Phi) is 1.93. The van der Waals surface area contributed by atoms with E-state index in [9.17, 15) is 4.39 Å². The minimum atomic E-state index is -1.46. The van der Waals surface area contributed by atoms with Gasteiger partial charge in [0.05, 0.1) is 12.7 Å². The summed E-state index contributed by atoms with van der Waals surface area (Å²) in [6, 6.07) is 6.06. The first-order valence-electron chi connectivity index (χ1n) is 5.19. The fourth-order valence-electron chi connectivity index (χ4n) is 1.31. The Morgan fingerprint density at radius 3 is 2.85 bits per heavy atom. The van der Waals surface area contributed by atoms with Crippen LogP contribution in [0.25, 0.3) is 0 Å². The predicted molar refractivity (Wildman–Crippen MR) is 48.0 cm³/mol. The number of hydrogen-bond acceptors (Lipinski definition) is 2. The van der Waals surface area contributed by atoms with Crippen LogP contribution in [0.5, 0.6) is 0 Å². The number of benzene rings is 1. The fourth-order valence-corrected chi connectivity index (χ4v) is 1.31. The van der Waals surface area contributed by atoms with Crippen molar-refractivity contribution in [2.75, 3.05) is 19.6 Å². The maximum absolute atomic E-state index is 12.7. The molecule has 0 saturated carbocycles. The summed E-state index contributed by atoms with van der Waals surface area (Å²) in [5.41, 5.74) is 0.861. The molecule has 0 spiro atoms. The molecule has 3 heteroatoms. The van der Waals surface area contributed by atoms with Crippen LogP contribution >= 0.6 is 0 Å². The maximum Gasteiger partial charge on any atom is 0.123 e. The second-order valence-corrected chi connectivity index (χ2v) is 2.91. The van der Waals surface area contributed by atoms with Crippen LogP contribution < -0.4 is 5.32 Å². The average molecular weight is 183 g/mol. The molecule has 0 radical (unpaired) electrons. The summed E-state index contributed by atoms with van der Waals surface area (Å²) < 4.78 is 32.8. The molecule has 1 fully saturated rings. The van der Waals surface area contributed by atoms with Crippen molar-refractivity contribution in [3.63, 3.8) is 0 Å². The summed E-state index contributed by atoms with van der Waals surface area (Å²) in [6.45, 7) is -1.05. The largest absolute Gasteiger partial charge is 0.371 e. The SMILES string of the molecule is [2H]C1([2H])CO[C@H](c2ccc(F)cc2)CN1. The summed E-state index contributed by atoms with van der Waals surface area (Å²) in [5.74, 6) is -0.280. The van der Waals surface area contributed by atoms with Crippen molar-refractivity contribution in [3.8, 4) is 0 Å². The lowest BCUT2D eigenvalue weighted by molar-refractivity contribution is 0.0276. The summed E-state index contributed by atoms with van der Waals surface area (Å²) in [7, 11) is 0. The van der Waals surface area contributed by atoms with E-state index in [1.807, 2.05) is 0 Å². The number of morpholine rings is 1. The molecule has 1 atom stereocenters. The molecule has 13 heavy (non-hydrogen) atoms. The van der Waals surface area contributed by atoms with Crippen molar-refractivity contribution in [3.05, 3.63) is 35.6 Å². The molecule has 1 saturated heterocycles. The van der Waals surface area contributed by atoms with Gasteiger partial charge in [0.1, 0.15) is 5.82 Å². The molecule has 0 bridgehead atoms. The fraction of sp³-hybridized carbons (Fsp3) is 0.400. The summed E-state index contributed by atoms with van der Waals surface area (Å²) in [4.78, 5) is 0. The lowest BCUT2D eigenvalue weighted by atomic mass is 10.1. The Labute approximate surface area is 79.5 Å². The number of hydrogen-bond donors (Lipinski definition) is 1. The van der Waals surface area contributed by atoms with Gasteiger partial charge in [0.25, 0.3) is 0 Å². The Hall–Kier alpha value is -0.930. The van der Waals surface area contributed by atoms with Gasteiger partial charge >= 0.3 is 0 Å². The van der Waals surface area contributed by atoms with E-state index in [4.69, 9.17) is 7.48 Å². The van der Waals surface area contributed by atoms with Crippen molar-refractivity contribution >= 4 is 0 Å². The third-order valence-corrected chi connectivity index (χ3v) is 2.01. The lowest BCUT2D eigenvalue weighted by Crippen LogP contribution is -2.33. The van der Waals surface area contributed by atoms with Crippen molar-refractivity contribution in [2.45, 2.75) is 6.10 Å². The zero-order valence-corrected chi connectivity index (χ0v) is 7.09. The molecule has 1 aliphatic heterocycles. The first-order chi connectivity index (χ1) is 7.07. The highest BCUT2D eigenvalue weighted by atomic mass is 19.1. The molecule has 1 aromatic carbocycles. The highest BCUT2D eigenvalue weighted by molar-refractivity contribution is 5.19. The van der Waals surface area contributed by atoms with Crippen LogP contribution in [0.1, 0.15) is 14.4 Å². The Morgan fingerprint density at radius 1 is 1.46 bits per heavy atom. The van der Waals surface area contributed by atoms with Crippen LogP contribution in [0.3, 0.4) is 0 Å². The molecule has 0 aliphatic carbocycles. The third kappa shape index (κ3) is 2.05. The van der Waals surface area contributed by atoms with E-state index in [1.54, 1.807) is 12.1 Å².